The Balaban J connectivity index is 1.48. The van der Waals surface area contributed by atoms with E-state index in [1.165, 1.54) is 18.2 Å². The number of piperazine rings is 1. The van der Waals surface area contributed by atoms with Gasteiger partial charge >= 0.3 is 6.18 Å². The maximum Gasteiger partial charge on any atom is 0.416 e. The first-order chi connectivity index (χ1) is 16.4. The fourth-order valence-corrected chi connectivity index (χ4v) is 5.70. The molecule has 1 unspecified atom stereocenters. The highest BCUT2D eigenvalue weighted by atomic mass is 32.2. The van der Waals surface area contributed by atoms with E-state index in [4.69, 9.17) is 9.88 Å². The van der Waals surface area contributed by atoms with Gasteiger partial charge in [0, 0.05) is 38.3 Å². The van der Waals surface area contributed by atoms with Crippen LogP contribution in [0.3, 0.4) is 0 Å². The minimum Gasteiger partial charge on any atom is -0.494 e. The molecule has 0 aromatic heterocycles. The highest BCUT2D eigenvalue weighted by Gasteiger charge is 2.46. The van der Waals surface area contributed by atoms with E-state index >= 15 is 0 Å². The molecular formula is C24H30F3N3O4S. The Bertz CT molecular complexity index is 1120. The van der Waals surface area contributed by atoms with E-state index in [-0.39, 0.29) is 23.3 Å². The number of allylic oxidation sites excluding steroid dienone is 3. The molecule has 7 nitrogen and oxygen atoms in total. The van der Waals surface area contributed by atoms with E-state index in [1.807, 2.05) is 4.90 Å². The molecule has 1 saturated heterocycles. The third kappa shape index (κ3) is 5.50. The minimum absolute atomic E-state index is 0.00525. The average Bonchev–Trinajstić information content (AvgIpc) is 3.32. The standard InChI is InChI=1S/C24H30F3N3O4S/c1-23(16-20(35(28,32)33)10-11-21(23)34-19-4-2-3-5-19)22(31)30-14-12-29(13-15-30)18-8-6-17(7-9-18)24(25,26)27/h6-11,19H,2-5,12-16H2,1H3,(H2,28,32,33). The largest absolute Gasteiger partial charge is 0.494 e. The topological polar surface area (TPSA) is 92.9 Å². The van der Waals surface area contributed by atoms with Gasteiger partial charge in [0.15, 0.2) is 0 Å². The second kappa shape index (κ2) is 9.50. The zero-order chi connectivity index (χ0) is 25.4. The third-order valence-electron chi connectivity index (χ3n) is 7.05. The predicted molar refractivity (Wildman–Crippen MR) is 126 cm³/mol. The quantitative estimate of drug-likeness (QED) is 0.647. The lowest BCUT2D eigenvalue weighted by Gasteiger charge is -2.42. The second-order valence-corrected chi connectivity index (χ2v) is 11.2. The Morgan fingerprint density at radius 1 is 1.06 bits per heavy atom. The molecule has 1 aromatic rings. The summed E-state index contributed by atoms with van der Waals surface area (Å²) in [6, 6.07) is 4.97. The first kappa shape index (κ1) is 25.6. The van der Waals surface area contributed by atoms with Crippen molar-refractivity contribution in [1.29, 1.82) is 0 Å². The fraction of sp³-hybridized carbons (Fsp3) is 0.542. The van der Waals surface area contributed by atoms with Crippen molar-refractivity contribution in [2.45, 2.75) is 51.3 Å². The molecule has 192 valence electrons. The number of primary sulfonamides is 1. The van der Waals surface area contributed by atoms with Crippen LogP contribution < -0.4 is 10.0 Å². The van der Waals surface area contributed by atoms with Crippen molar-refractivity contribution in [3.05, 3.63) is 52.6 Å². The molecule has 1 atom stereocenters. The summed E-state index contributed by atoms with van der Waals surface area (Å²) >= 11 is 0. The number of nitrogens with zero attached hydrogens (tertiary/aromatic N) is 2. The number of benzene rings is 1. The van der Waals surface area contributed by atoms with E-state index in [0.29, 0.717) is 37.6 Å². The lowest BCUT2D eigenvalue weighted by molar-refractivity contribution is -0.142. The molecular weight excluding hydrogens is 483 g/mol. The molecule has 2 aliphatic carbocycles. The molecule has 0 spiro atoms. The first-order valence-electron chi connectivity index (χ1n) is 11.7. The van der Waals surface area contributed by atoms with Gasteiger partial charge in [-0.25, -0.2) is 13.6 Å². The van der Waals surface area contributed by atoms with E-state index < -0.39 is 27.2 Å². The Hall–Kier alpha value is -2.53. The van der Waals surface area contributed by atoms with Gasteiger partial charge in [0.25, 0.3) is 0 Å². The van der Waals surface area contributed by atoms with Crippen LogP contribution in [-0.4, -0.2) is 51.5 Å². The highest BCUT2D eigenvalue weighted by Crippen LogP contribution is 2.43. The van der Waals surface area contributed by atoms with Crippen molar-refractivity contribution in [2.75, 3.05) is 31.1 Å². The smallest absolute Gasteiger partial charge is 0.416 e. The van der Waals surface area contributed by atoms with Crippen molar-refractivity contribution in [2.24, 2.45) is 10.6 Å². The van der Waals surface area contributed by atoms with Crippen LogP contribution in [0.4, 0.5) is 18.9 Å². The molecule has 11 heteroatoms. The summed E-state index contributed by atoms with van der Waals surface area (Å²) in [6.45, 7) is 3.26. The van der Waals surface area contributed by atoms with Crippen LogP contribution in [0.25, 0.3) is 0 Å². The van der Waals surface area contributed by atoms with Crippen LogP contribution in [-0.2, 0) is 25.7 Å². The monoisotopic (exact) mass is 513 g/mol. The maximum absolute atomic E-state index is 13.7. The number of carbonyl (C=O) groups excluding carboxylic acids is 1. The number of hydrogen-bond donors (Lipinski definition) is 1. The highest BCUT2D eigenvalue weighted by molar-refractivity contribution is 7.93. The SMILES string of the molecule is CC1(C(=O)N2CCN(c3ccc(C(F)(F)F)cc3)CC2)CC(S(N)(=O)=O)=CC=C1OC1CCCC1. The van der Waals surface area contributed by atoms with Gasteiger partial charge in [0.05, 0.1) is 16.6 Å². The summed E-state index contributed by atoms with van der Waals surface area (Å²) in [6.07, 6.45) is 2.36. The number of alkyl halides is 3. The number of sulfonamides is 1. The molecule has 1 aromatic carbocycles. The second-order valence-electron chi connectivity index (χ2n) is 9.57. The normalized spacial score (nSPS) is 24.3. The van der Waals surface area contributed by atoms with E-state index in [2.05, 4.69) is 0 Å². The average molecular weight is 514 g/mol. The Morgan fingerprint density at radius 3 is 2.20 bits per heavy atom. The molecule has 0 bridgehead atoms. The number of ether oxygens (including phenoxy) is 1. The van der Waals surface area contributed by atoms with Crippen LogP contribution in [0.1, 0.15) is 44.6 Å². The van der Waals surface area contributed by atoms with Gasteiger partial charge in [-0.3, -0.25) is 4.79 Å². The summed E-state index contributed by atoms with van der Waals surface area (Å²) in [5.74, 6) is 0.204. The summed E-state index contributed by atoms with van der Waals surface area (Å²) in [7, 11) is -3.97. The summed E-state index contributed by atoms with van der Waals surface area (Å²) < 4.78 is 68.9. The zero-order valence-electron chi connectivity index (χ0n) is 19.6. The molecule has 1 amide bonds. The maximum atomic E-state index is 13.7. The van der Waals surface area contributed by atoms with E-state index in [9.17, 15) is 26.4 Å². The lowest BCUT2D eigenvalue weighted by Crippen LogP contribution is -2.54. The first-order valence-corrected chi connectivity index (χ1v) is 13.2. The number of anilines is 1. The molecule has 1 heterocycles. The van der Waals surface area contributed by atoms with E-state index in [0.717, 1.165) is 37.8 Å². The molecule has 1 aliphatic heterocycles. The number of halogens is 3. The van der Waals surface area contributed by atoms with Gasteiger partial charge in [-0.15, -0.1) is 0 Å². The van der Waals surface area contributed by atoms with Crippen LogP contribution in [0, 0.1) is 5.41 Å². The Morgan fingerprint density at radius 2 is 1.66 bits per heavy atom. The van der Waals surface area contributed by atoms with Crippen molar-refractivity contribution < 1.29 is 31.1 Å². The number of rotatable bonds is 5. The number of carbonyl (C=O) groups is 1. The molecule has 35 heavy (non-hydrogen) atoms. The molecule has 3 aliphatic rings. The van der Waals surface area contributed by atoms with Gasteiger partial charge in [-0.2, -0.15) is 13.2 Å². The third-order valence-corrected chi connectivity index (χ3v) is 8.06. The van der Waals surface area contributed by atoms with Gasteiger partial charge in [0.2, 0.25) is 15.9 Å². The zero-order valence-corrected chi connectivity index (χ0v) is 20.4. The summed E-state index contributed by atoms with van der Waals surface area (Å²) in [4.78, 5) is 17.3. The lowest BCUT2D eigenvalue weighted by atomic mass is 9.79. The summed E-state index contributed by atoms with van der Waals surface area (Å²) in [5.41, 5.74) is -1.27. The van der Waals surface area contributed by atoms with Crippen molar-refractivity contribution in [1.82, 2.24) is 4.90 Å². The predicted octanol–water partition coefficient (Wildman–Crippen LogP) is 3.78. The van der Waals surface area contributed by atoms with Gasteiger partial charge in [-0.1, -0.05) is 0 Å². The van der Waals surface area contributed by atoms with Gasteiger partial charge in [0.1, 0.15) is 11.2 Å². The van der Waals surface area contributed by atoms with Crippen molar-refractivity contribution in [3.8, 4) is 0 Å². The molecule has 2 fully saturated rings. The summed E-state index contributed by atoms with van der Waals surface area (Å²) in [5, 5.41) is 5.37. The molecule has 0 radical (unpaired) electrons. The van der Waals surface area contributed by atoms with Crippen LogP contribution in [0.5, 0.6) is 0 Å². The molecule has 1 saturated carbocycles. The number of amides is 1. The fourth-order valence-electron chi connectivity index (χ4n) is 4.96. The van der Waals surface area contributed by atoms with Gasteiger partial charge in [-0.05, 0) is 69.0 Å². The van der Waals surface area contributed by atoms with Crippen molar-refractivity contribution in [3.63, 3.8) is 0 Å². The van der Waals surface area contributed by atoms with Crippen LogP contribution in [0.2, 0.25) is 0 Å². The van der Waals surface area contributed by atoms with Crippen LogP contribution >= 0.6 is 0 Å². The number of nitrogens with two attached hydrogens (primary N) is 1. The Kier molecular flexibility index (Phi) is 6.93. The molecule has 2 N–H and O–H groups in total. The van der Waals surface area contributed by atoms with Crippen LogP contribution in [0.15, 0.2) is 47.1 Å². The van der Waals surface area contributed by atoms with Crippen molar-refractivity contribution >= 4 is 21.6 Å². The van der Waals surface area contributed by atoms with Gasteiger partial charge < -0.3 is 14.5 Å². The number of hydrogen-bond acceptors (Lipinski definition) is 5. The Labute approximate surface area is 203 Å². The molecule has 4 rings (SSSR count). The van der Waals surface area contributed by atoms with E-state index in [1.54, 1.807) is 17.9 Å². The minimum atomic E-state index is -4.39.